The third kappa shape index (κ3) is 10.1. The van der Waals surface area contributed by atoms with E-state index in [4.69, 9.17) is 55.9 Å². The minimum Gasteiger partial charge on any atom is -0.490 e. The summed E-state index contributed by atoms with van der Waals surface area (Å²) in [6.45, 7) is 0. The highest BCUT2D eigenvalue weighted by molar-refractivity contribution is 7.92. The highest BCUT2D eigenvalue weighted by Gasteiger charge is 2.52. The lowest BCUT2D eigenvalue weighted by Gasteiger charge is -2.22. The molecule has 18 heteroatoms. The molecule has 4 aromatic carbocycles. The number of carbonyl (C=O) groups excluding carboxylic acids is 2. The van der Waals surface area contributed by atoms with E-state index < -0.39 is 65.3 Å². The van der Waals surface area contributed by atoms with E-state index in [9.17, 15) is 36.9 Å². The molecule has 6 atom stereocenters. The Balaban J connectivity index is 0.000000186. The minimum absolute atomic E-state index is 0.0451. The standard InChI is InChI=1S/2C22H20Cl2N2O4S/c2*23-14-5-7-15(8-6-14)30-19-12-16(31(28,29)20-4-2-1-3-18(20)24)11-17(19)21(27)26-22(13-25)9-10-22/h2*1-8,16-17,19H,9-12H2,(H,26,27)/t2*16-,17-,19-/m10/s1. The first-order chi connectivity index (χ1) is 29.5. The molecule has 4 fully saturated rings. The van der Waals surface area contributed by atoms with Crippen molar-refractivity contribution in [3.63, 3.8) is 0 Å². The van der Waals surface area contributed by atoms with Gasteiger partial charge in [0, 0.05) is 22.9 Å². The van der Waals surface area contributed by atoms with Crippen LogP contribution in [-0.4, -0.2) is 62.4 Å². The summed E-state index contributed by atoms with van der Waals surface area (Å²) in [5, 5.41) is 23.9. The summed E-state index contributed by atoms with van der Waals surface area (Å²) in [6.07, 6.45) is 1.45. The third-order valence-electron chi connectivity index (χ3n) is 11.6. The van der Waals surface area contributed by atoms with Gasteiger partial charge in [-0.25, -0.2) is 16.8 Å². The SMILES string of the molecule is N#CC1(NC(=O)[C@@H]2C[C@@H](S(=O)(=O)c3ccccc3Cl)C[C@H]2Oc2ccc(Cl)cc2)CC1.N#CC1(NC(=O)[C@H]2C[C@H](S(=O)(=O)c3ccccc3Cl)C[C@@H]2Oc2ccc(Cl)cc2)CC1. The van der Waals surface area contributed by atoms with Crippen LogP contribution in [0.5, 0.6) is 11.5 Å². The van der Waals surface area contributed by atoms with E-state index in [1.54, 1.807) is 72.8 Å². The van der Waals surface area contributed by atoms with Crippen LogP contribution in [0.15, 0.2) is 107 Å². The van der Waals surface area contributed by atoms with Gasteiger partial charge in [0.25, 0.3) is 0 Å². The van der Waals surface area contributed by atoms with Gasteiger partial charge in [-0.15, -0.1) is 0 Å². The van der Waals surface area contributed by atoms with Gasteiger partial charge >= 0.3 is 0 Å². The molecule has 4 aliphatic carbocycles. The number of hydrogen-bond acceptors (Lipinski definition) is 10. The number of nitrogens with zero attached hydrogens (tertiary/aromatic N) is 2. The molecular formula is C44H40Cl4N4O8S2. The lowest BCUT2D eigenvalue weighted by Crippen LogP contribution is -2.43. The van der Waals surface area contributed by atoms with Crippen LogP contribution in [0.3, 0.4) is 0 Å². The van der Waals surface area contributed by atoms with Crippen LogP contribution in [0.1, 0.15) is 51.4 Å². The summed E-state index contributed by atoms with van der Waals surface area (Å²) in [6, 6.07) is 30.1. The fourth-order valence-electron chi connectivity index (χ4n) is 7.75. The lowest BCUT2D eigenvalue weighted by molar-refractivity contribution is -0.128. The van der Waals surface area contributed by atoms with E-state index in [-0.39, 0.29) is 57.3 Å². The topological polar surface area (TPSA) is 193 Å². The smallest absolute Gasteiger partial charge is 0.228 e. The van der Waals surface area contributed by atoms with Crippen molar-refractivity contribution in [2.24, 2.45) is 11.8 Å². The molecule has 0 aromatic heterocycles. The van der Waals surface area contributed by atoms with Crippen molar-refractivity contribution < 1.29 is 35.9 Å². The maximum Gasteiger partial charge on any atom is 0.228 e. The Kier molecular flexibility index (Phi) is 13.4. The quantitative estimate of drug-likeness (QED) is 0.140. The zero-order valence-electron chi connectivity index (χ0n) is 32.8. The van der Waals surface area contributed by atoms with Gasteiger partial charge in [-0.05, 0) is 111 Å². The van der Waals surface area contributed by atoms with Crippen molar-refractivity contribution in [3.8, 4) is 23.6 Å². The largest absolute Gasteiger partial charge is 0.490 e. The molecule has 8 rings (SSSR count). The van der Waals surface area contributed by atoms with Gasteiger partial charge in [-0.1, -0.05) is 70.7 Å². The number of ether oxygens (including phenoxy) is 2. The summed E-state index contributed by atoms with van der Waals surface area (Å²) in [4.78, 5) is 26.1. The lowest BCUT2D eigenvalue weighted by atomic mass is 10.0. The third-order valence-corrected chi connectivity index (χ3v) is 17.5. The molecule has 0 bridgehead atoms. The number of halogens is 4. The van der Waals surface area contributed by atoms with E-state index in [1.807, 2.05) is 0 Å². The number of benzene rings is 4. The Morgan fingerprint density at radius 3 is 1.19 bits per heavy atom. The van der Waals surface area contributed by atoms with Crippen LogP contribution in [0.4, 0.5) is 0 Å². The van der Waals surface area contributed by atoms with E-state index >= 15 is 0 Å². The molecule has 0 radical (unpaired) electrons. The molecule has 2 N–H and O–H groups in total. The molecule has 4 saturated carbocycles. The van der Waals surface area contributed by atoms with Gasteiger partial charge in [0.05, 0.1) is 54.3 Å². The van der Waals surface area contributed by atoms with Crippen molar-refractivity contribution in [1.29, 1.82) is 10.5 Å². The first-order valence-electron chi connectivity index (χ1n) is 19.8. The number of carbonyl (C=O) groups is 2. The van der Waals surface area contributed by atoms with Crippen molar-refractivity contribution in [1.82, 2.24) is 10.6 Å². The molecule has 0 heterocycles. The highest BCUT2D eigenvalue weighted by atomic mass is 35.5. The number of sulfone groups is 2. The Morgan fingerprint density at radius 1 is 0.548 bits per heavy atom. The maximum atomic E-state index is 13.3. The summed E-state index contributed by atoms with van der Waals surface area (Å²) in [5.74, 6) is -1.19. The summed E-state index contributed by atoms with van der Waals surface area (Å²) >= 11 is 24.1. The first-order valence-corrected chi connectivity index (χ1v) is 24.4. The van der Waals surface area contributed by atoms with Crippen molar-refractivity contribution in [2.75, 3.05) is 0 Å². The van der Waals surface area contributed by atoms with E-state index in [0.717, 1.165) is 0 Å². The molecule has 0 unspecified atom stereocenters. The van der Waals surface area contributed by atoms with E-state index in [0.29, 0.717) is 47.2 Å². The van der Waals surface area contributed by atoms with Crippen LogP contribution in [-0.2, 0) is 29.3 Å². The van der Waals surface area contributed by atoms with Gasteiger partial charge in [-0.2, -0.15) is 10.5 Å². The van der Waals surface area contributed by atoms with Crippen LogP contribution in [0, 0.1) is 34.5 Å². The van der Waals surface area contributed by atoms with Gasteiger partial charge in [-0.3, -0.25) is 9.59 Å². The van der Waals surface area contributed by atoms with Crippen molar-refractivity contribution in [3.05, 3.63) is 117 Å². The van der Waals surface area contributed by atoms with Crippen LogP contribution < -0.4 is 20.1 Å². The van der Waals surface area contributed by atoms with Gasteiger partial charge in [0.2, 0.25) is 11.8 Å². The zero-order valence-corrected chi connectivity index (χ0v) is 37.5. The second-order valence-corrected chi connectivity index (χ2v) is 22.0. The second kappa shape index (κ2) is 18.3. The number of nitriles is 2. The van der Waals surface area contributed by atoms with Gasteiger partial charge < -0.3 is 20.1 Å². The summed E-state index contributed by atoms with van der Waals surface area (Å²) < 4.78 is 65.2. The van der Waals surface area contributed by atoms with Crippen molar-refractivity contribution in [2.45, 2.75) is 94.9 Å². The molecule has 0 saturated heterocycles. The van der Waals surface area contributed by atoms with Crippen molar-refractivity contribution >= 4 is 77.9 Å². The fourth-order valence-corrected chi connectivity index (χ4v) is 12.7. The summed E-state index contributed by atoms with van der Waals surface area (Å²) in [7, 11) is -7.56. The Hall–Kier alpha value is -4.54. The molecule has 4 aromatic rings. The molecule has 324 valence electrons. The molecule has 0 aliphatic heterocycles. The highest BCUT2D eigenvalue weighted by Crippen LogP contribution is 2.42. The Bertz CT molecular complexity index is 2460. The molecule has 0 spiro atoms. The number of rotatable bonds is 12. The van der Waals surface area contributed by atoms with Crippen LogP contribution in [0.2, 0.25) is 20.1 Å². The van der Waals surface area contributed by atoms with Crippen LogP contribution in [0.25, 0.3) is 0 Å². The van der Waals surface area contributed by atoms with Gasteiger partial charge in [0.1, 0.15) is 34.8 Å². The summed E-state index contributed by atoms with van der Waals surface area (Å²) in [5.41, 5.74) is -1.69. The molecular weight excluding hydrogens is 918 g/mol. The monoisotopic (exact) mass is 956 g/mol. The minimum atomic E-state index is -3.78. The number of amides is 2. The van der Waals surface area contributed by atoms with E-state index in [2.05, 4.69) is 22.8 Å². The maximum absolute atomic E-state index is 13.3. The Labute approximate surface area is 380 Å². The number of nitrogens with one attached hydrogen (secondary N) is 2. The average molecular weight is 959 g/mol. The predicted octanol–water partition coefficient (Wildman–Crippen LogP) is 8.33. The van der Waals surface area contributed by atoms with Gasteiger partial charge in [0.15, 0.2) is 19.7 Å². The fraction of sp³-hybridized carbons (Fsp3) is 0.364. The molecule has 62 heavy (non-hydrogen) atoms. The first kappa shape index (κ1) is 45.5. The molecule has 2 amide bonds. The number of hydrogen-bond donors (Lipinski definition) is 2. The second-order valence-electron chi connectivity index (χ2n) is 15.9. The zero-order chi connectivity index (χ0) is 44.5. The normalized spacial score (nSPS) is 24.2. The Morgan fingerprint density at radius 2 is 0.887 bits per heavy atom. The van der Waals surface area contributed by atoms with Crippen LogP contribution >= 0.6 is 46.4 Å². The molecule has 4 aliphatic rings. The average Bonchev–Trinajstić information content (AvgIpc) is 4.11. The molecule has 12 nitrogen and oxygen atoms in total. The van der Waals surface area contributed by atoms with E-state index in [1.165, 1.54) is 24.3 Å². The predicted molar refractivity (Wildman–Crippen MR) is 233 cm³/mol.